The molecule has 1 aromatic carbocycles. The average molecular weight is 433 g/mol. The lowest BCUT2D eigenvalue weighted by molar-refractivity contribution is -0.137. The van der Waals surface area contributed by atoms with E-state index in [1.54, 1.807) is 11.1 Å². The Balaban J connectivity index is 1.74. The minimum atomic E-state index is -4.46. The summed E-state index contributed by atoms with van der Waals surface area (Å²) in [6.45, 7) is 6.24. The smallest absolute Gasteiger partial charge is 0.312 e. The first kappa shape index (κ1) is 22.8. The van der Waals surface area contributed by atoms with Crippen LogP contribution in [0.2, 0.25) is 0 Å². The van der Waals surface area contributed by atoms with E-state index in [1.807, 2.05) is 32.9 Å². The standard InChI is InChI=1S/C23H26F3N3O2/c1-4-18-8-9-19(12-27-18)28-14-21(15(2)3)29(22(28)31)13-20(30)11-16-6-5-7-17(10-16)23(24,25)26/h5-10,12,15,21H,4,11,13-14H2,1-3H3/t21-/m1/s1. The molecule has 0 spiro atoms. The monoisotopic (exact) mass is 433 g/mol. The summed E-state index contributed by atoms with van der Waals surface area (Å²) in [5, 5.41) is 0. The second-order valence-electron chi connectivity index (χ2n) is 8.11. The zero-order chi connectivity index (χ0) is 22.8. The molecule has 1 aromatic heterocycles. The SMILES string of the molecule is CCc1ccc(N2C[C@H](C(C)C)N(CC(=O)Cc3cccc(C(F)(F)F)c3)C2=O)cn1. The summed E-state index contributed by atoms with van der Waals surface area (Å²) in [7, 11) is 0. The molecule has 1 aliphatic rings. The second kappa shape index (κ2) is 9.08. The fourth-order valence-electron chi connectivity index (χ4n) is 3.75. The van der Waals surface area contributed by atoms with Crippen LogP contribution in [0.3, 0.4) is 0 Å². The van der Waals surface area contributed by atoms with E-state index < -0.39 is 11.7 Å². The average Bonchev–Trinajstić information content (AvgIpc) is 3.04. The maximum atomic E-state index is 13.1. The third kappa shape index (κ3) is 5.24. The highest BCUT2D eigenvalue weighted by Crippen LogP contribution is 2.30. The number of anilines is 1. The maximum absolute atomic E-state index is 13.1. The van der Waals surface area contributed by atoms with Gasteiger partial charge in [-0.1, -0.05) is 39.0 Å². The molecule has 3 rings (SSSR count). The van der Waals surface area contributed by atoms with Crippen LogP contribution < -0.4 is 4.90 Å². The lowest BCUT2D eigenvalue weighted by Gasteiger charge is -2.25. The Kier molecular flexibility index (Phi) is 6.67. The van der Waals surface area contributed by atoms with Gasteiger partial charge in [-0.3, -0.25) is 14.7 Å². The van der Waals surface area contributed by atoms with Crippen molar-refractivity contribution < 1.29 is 22.8 Å². The molecular formula is C23H26F3N3O2. The fourth-order valence-corrected chi connectivity index (χ4v) is 3.75. The van der Waals surface area contributed by atoms with Crippen LogP contribution in [-0.2, 0) is 23.8 Å². The van der Waals surface area contributed by atoms with E-state index >= 15 is 0 Å². The van der Waals surface area contributed by atoms with Gasteiger partial charge < -0.3 is 4.90 Å². The Bertz CT molecular complexity index is 942. The number of nitrogens with zero attached hydrogens (tertiary/aromatic N) is 3. The number of urea groups is 1. The van der Waals surface area contributed by atoms with E-state index in [0.29, 0.717) is 12.2 Å². The molecular weight excluding hydrogens is 407 g/mol. The van der Waals surface area contributed by atoms with Gasteiger partial charge in [0, 0.05) is 18.7 Å². The van der Waals surface area contributed by atoms with Crippen LogP contribution in [-0.4, -0.2) is 40.8 Å². The zero-order valence-electron chi connectivity index (χ0n) is 17.8. The van der Waals surface area contributed by atoms with Crippen LogP contribution in [0.25, 0.3) is 0 Å². The van der Waals surface area contributed by atoms with Gasteiger partial charge in [-0.25, -0.2) is 4.79 Å². The summed E-state index contributed by atoms with van der Waals surface area (Å²) >= 11 is 0. The van der Waals surface area contributed by atoms with Crippen LogP contribution in [0.4, 0.5) is 23.7 Å². The minimum absolute atomic E-state index is 0.109. The highest BCUT2D eigenvalue weighted by Gasteiger charge is 2.40. The highest BCUT2D eigenvalue weighted by atomic mass is 19.4. The number of aromatic nitrogens is 1. The van der Waals surface area contributed by atoms with E-state index in [1.165, 1.54) is 17.0 Å². The van der Waals surface area contributed by atoms with Crippen molar-refractivity contribution in [3.8, 4) is 0 Å². The first-order chi connectivity index (χ1) is 14.6. The van der Waals surface area contributed by atoms with Gasteiger partial charge in [-0.05, 0) is 36.1 Å². The molecule has 5 nitrogen and oxygen atoms in total. The number of ketones is 1. The summed E-state index contributed by atoms with van der Waals surface area (Å²) in [5.74, 6) is -0.196. The van der Waals surface area contributed by atoms with Crippen molar-refractivity contribution in [3.63, 3.8) is 0 Å². The van der Waals surface area contributed by atoms with Crippen molar-refractivity contribution in [1.82, 2.24) is 9.88 Å². The van der Waals surface area contributed by atoms with E-state index in [9.17, 15) is 22.8 Å². The van der Waals surface area contributed by atoms with Crippen molar-refractivity contribution in [3.05, 3.63) is 59.4 Å². The summed E-state index contributed by atoms with van der Waals surface area (Å²) in [5.41, 5.74) is 1.08. The van der Waals surface area contributed by atoms with Gasteiger partial charge in [0.2, 0.25) is 0 Å². The summed E-state index contributed by atoms with van der Waals surface area (Å²) in [6, 6.07) is 7.98. The number of Topliss-reactive ketones (excluding diaryl/α,β-unsaturated/α-hetero) is 1. The van der Waals surface area contributed by atoms with Crippen LogP contribution >= 0.6 is 0 Å². The van der Waals surface area contributed by atoms with Crippen molar-refractivity contribution >= 4 is 17.5 Å². The van der Waals surface area contributed by atoms with E-state index in [4.69, 9.17) is 0 Å². The Hall–Kier alpha value is -2.90. The Morgan fingerprint density at radius 2 is 1.97 bits per heavy atom. The molecule has 0 aliphatic carbocycles. The quantitative estimate of drug-likeness (QED) is 0.634. The molecule has 0 saturated carbocycles. The fraction of sp³-hybridized carbons (Fsp3) is 0.435. The van der Waals surface area contributed by atoms with E-state index in [2.05, 4.69) is 4.98 Å². The number of carbonyl (C=O) groups excluding carboxylic acids is 2. The summed E-state index contributed by atoms with van der Waals surface area (Å²) in [6.07, 6.45) is -2.18. The molecule has 1 saturated heterocycles. The molecule has 31 heavy (non-hydrogen) atoms. The number of carbonyl (C=O) groups is 2. The summed E-state index contributed by atoms with van der Waals surface area (Å²) < 4.78 is 38.8. The van der Waals surface area contributed by atoms with Crippen molar-refractivity contribution in [2.24, 2.45) is 5.92 Å². The Morgan fingerprint density at radius 1 is 1.23 bits per heavy atom. The zero-order valence-corrected chi connectivity index (χ0v) is 17.8. The maximum Gasteiger partial charge on any atom is 0.416 e. The molecule has 0 bridgehead atoms. The number of rotatable bonds is 7. The molecule has 0 N–H and O–H groups in total. The topological polar surface area (TPSA) is 53.5 Å². The molecule has 2 heterocycles. The van der Waals surface area contributed by atoms with Crippen molar-refractivity contribution in [2.45, 2.75) is 45.8 Å². The molecule has 1 atom stereocenters. The van der Waals surface area contributed by atoms with Gasteiger partial charge in [-0.15, -0.1) is 0 Å². The number of aryl methyl sites for hydroxylation is 1. The third-order valence-corrected chi connectivity index (χ3v) is 5.50. The molecule has 2 aromatic rings. The van der Waals surface area contributed by atoms with Gasteiger partial charge >= 0.3 is 12.2 Å². The molecule has 8 heteroatoms. The minimum Gasteiger partial charge on any atom is -0.312 e. The number of pyridine rings is 1. The molecule has 1 fully saturated rings. The molecule has 1 aliphatic heterocycles. The number of amides is 2. The molecule has 166 valence electrons. The Labute approximate surface area is 179 Å². The second-order valence-corrected chi connectivity index (χ2v) is 8.11. The van der Waals surface area contributed by atoms with Crippen molar-refractivity contribution in [1.29, 1.82) is 0 Å². The third-order valence-electron chi connectivity index (χ3n) is 5.50. The van der Waals surface area contributed by atoms with Gasteiger partial charge in [0.05, 0.1) is 30.0 Å². The Morgan fingerprint density at radius 3 is 2.55 bits per heavy atom. The number of benzene rings is 1. The van der Waals surface area contributed by atoms with Gasteiger partial charge in [0.1, 0.15) is 0 Å². The van der Waals surface area contributed by atoms with Crippen LogP contribution in [0.1, 0.15) is 37.6 Å². The van der Waals surface area contributed by atoms with Crippen LogP contribution in [0, 0.1) is 5.92 Å². The van der Waals surface area contributed by atoms with Gasteiger partial charge in [0.25, 0.3) is 0 Å². The lowest BCUT2D eigenvalue weighted by atomic mass is 10.0. The molecule has 0 radical (unpaired) electrons. The van der Waals surface area contributed by atoms with Gasteiger partial charge in [-0.2, -0.15) is 13.2 Å². The number of hydrogen-bond acceptors (Lipinski definition) is 3. The largest absolute Gasteiger partial charge is 0.416 e. The van der Waals surface area contributed by atoms with Crippen LogP contribution in [0.15, 0.2) is 42.6 Å². The predicted octanol–water partition coefficient (Wildman–Crippen LogP) is 4.74. The number of halogens is 3. The first-order valence-electron chi connectivity index (χ1n) is 10.3. The predicted molar refractivity (Wildman–Crippen MR) is 112 cm³/mol. The normalized spacial score (nSPS) is 17.0. The number of alkyl halides is 3. The summed E-state index contributed by atoms with van der Waals surface area (Å²) in [4.78, 5) is 33.2. The molecule has 2 amide bonds. The van der Waals surface area contributed by atoms with E-state index in [-0.39, 0.29) is 42.3 Å². The van der Waals surface area contributed by atoms with Crippen molar-refractivity contribution in [2.75, 3.05) is 18.0 Å². The van der Waals surface area contributed by atoms with Gasteiger partial charge in [0.15, 0.2) is 5.78 Å². The van der Waals surface area contributed by atoms with E-state index in [0.717, 1.165) is 24.2 Å². The molecule has 0 unspecified atom stereocenters. The number of hydrogen-bond donors (Lipinski definition) is 0. The first-order valence-corrected chi connectivity index (χ1v) is 10.3. The highest BCUT2D eigenvalue weighted by molar-refractivity contribution is 5.97. The lowest BCUT2D eigenvalue weighted by Crippen LogP contribution is -2.41. The van der Waals surface area contributed by atoms with Crippen LogP contribution in [0.5, 0.6) is 0 Å².